The maximum absolute atomic E-state index is 5.43. The third kappa shape index (κ3) is 2.43. The molecule has 4 nitrogen and oxygen atoms in total. The molecule has 1 aromatic heterocycles. The van der Waals surface area contributed by atoms with E-state index in [-0.39, 0.29) is 0 Å². The Balaban J connectivity index is 2.25. The smallest absolute Gasteiger partial charge is 0.181 e. The van der Waals surface area contributed by atoms with Crippen molar-refractivity contribution in [1.29, 1.82) is 0 Å². The molecular formula is C10H11BrN4. The molecule has 0 saturated heterocycles. The van der Waals surface area contributed by atoms with E-state index in [1.54, 1.807) is 11.0 Å². The maximum atomic E-state index is 5.43. The Bertz CT molecular complexity index is 435. The summed E-state index contributed by atoms with van der Waals surface area (Å²) < 4.78 is 2.80. The number of hydrogen-bond donors (Lipinski definition) is 1. The number of hydrogen-bond acceptors (Lipinski definition) is 3. The summed E-state index contributed by atoms with van der Waals surface area (Å²) in [5, 5.41) is 4.31. The van der Waals surface area contributed by atoms with Crippen molar-refractivity contribution in [2.24, 2.45) is 5.73 Å². The molecular weight excluding hydrogens is 256 g/mol. The van der Waals surface area contributed by atoms with Gasteiger partial charge in [-0.05, 0) is 12.1 Å². The van der Waals surface area contributed by atoms with Gasteiger partial charge in [-0.25, -0.2) is 4.98 Å². The summed E-state index contributed by atoms with van der Waals surface area (Å²) >= 11 is 3.39. The lowest BCUT2D eigenvalue weighted by Crippen LogP contribution is -2.10. The predicted octanol–water partition coefficient (Wildman–Crippen LogP) is 1.67. The molecule has 0 aliphatic heterocycles. The Morgan fingerprint density at radius 3 is 2.67 bits per heavy atom. The zero-order valence-corrected chi connectivity index (χ0v) is 9.68. The van der Waals surface area contributed by atoms with E-state index in [0.717, 1.165) is 15.9 Å². The topological polar surface area (TPSA) is 56.7 Å². The van der Waals surface area contributed by atoms with Crippen LogP contribution in [0.1, 0.15) is 0 Å². The largest absolute Gasteiger partial charge is 0.329 e. The molecule has 2 N–H and O–H groups in total. The Morgan fingerprint density at radius 1 is 1.27 bits per heavy atom. The van der Waals surface area contributed by atoms with Crippen molar-refractivity contribution in [3.63, 3.8) is 0 Å². The minimum absolute atomic E-state index is 0.573. The molecule has 78 valence electrons. The average Bonchev–Trinajstić information content (AvgIpc) is 2.68. The highest BCUT2D eigenvalue weighted by Gasteiger charge is 2.02. The molecule has 0 aliphatic rings. The molecule has 0 atom stereocenters. The van der Waals surface area contributed by atoms with E-state index < -0.39 is 0 Å². The monoisotopic (exact) mass is 266 g/mol. The van der Waals surface area contributed by atoms with E-state index in [2.05, 4.69) is 26.0 Å². The number of rotatable bonds is 3. The quantitative estimate of drug-likeness (QED) is 0.920. The first-order valence-electron chi connectivity index (χ1n) is 4.65. The highest BCUT2D eigenvalue weighted by molar-refractivity contribution is 9.10. The minimum atomic E-state index is 0.573. The van der Waals surface area contributed by atoms with Gasteiger partial charge in [0.05, 0.1) is 6.54 Å². The standard InChI is InChI=1S/C10H11BrN4/c11-9-3-1-8(2-4-9)10-13-7-15(14-10)6-5-12/h1-4,7H,5-6,12H2. The SMILES string of the molecule is NCCn1cnc(-c2ccc(Br)cc2)n1. The van der Waals surface area contributed by atoms with E-state index in [4.69, 9.17) is 5.73 Å². The van der Waals surface area contributed by atoms with Crippen LogP contribution >= 0.6 is 15.9 Å². The van der Waals surface area contributed by atoms with Gasteiger partial charge in [0.1, 0.15) is 6.33 Å². The second-order valence-electron chi connectivity index (χ2n) is 3.13. The molecule has 0 spiro atoms. The molecule has 15 heavy (non-hydrogen) atoms. The summed E-state index contributed by atoms with van der Waals surface area (Å²) in [4.78, 5) is 4.22. The Hall–Kier alpha value is -1.20. The van der Waals surface area contributed by atoms with Gasteiger partial charge in [-0.1, -0.05) is 28.1 Å². The number of benzene rings is 1. The molecule has 0 aliphatic carbocycles. The van der Waals surface area contributed by atoms with Gasteiger partial charge in [-0.2, -0.15) is 5.10 Å². The van der Waals surface area contributed by atoms with E-state index >= 15 is 0 Å². The summed E-state index contributed by atoms with van der Waals surface area (Å²) in [6.45, 7) is 1.27. The van der Waals surface area contributed by atoms with Crippen LogP contribution < -0.4 is 5.73 Å². The molecule has 0 bridgehead atoms. The molecule has 1 aromatic carbocycles. The van der Waals surface area contributed by atoms with Gasteiger partial charge in [0.15, 0.2) is 5.82 Å². The fourth-order valence-electron chi connectivity index (χ4n) is 1.27. The summed E-state index contributed by atoms with van der Waals surface area (Å²) in [6, 6.07) is 7.90. The lowest BCUT2D eigenvalue weighted by atomic mass is 10.2. The van der Waals surface area contributed by atoms with Crippen LogP contribution in [0, 0.1) is 0 Å². The lowest BCUT2D eigenvalue weighted by molar-refractivity contribution is 0.625. The van der Waals surface area contributed by atoms with Crippen LogP contribution in [0.25, 0.3) is 11.4 Å². The molecule has 0 fully saturated rings. The molecule has 1 heterocycles. The lowest BCUT2D eigenvalue weighted by Gasteiger charge is -1.96. The van der Waals surface area contributed by atoms with E-state index in [1.165, 1.54) is 0 Å². The van der Waals surface area contributed by atoms with Crippen molar-refractivity contribution in [3.05, 3.63) is 35.1 Å². The van der Waals surface area contributed by atoms with Crippen molar-refractivity contribution < 1.29 is 0 Å². The van der Waals surface area contributed by atoms with Crippen LogP contribution in [-0.2, 0) is 6.54 Å². The van der Waals surface area contributed by atoms with Gasteiger partial charge < -0.3 is 5.73 Å². The van der Waals surface area contributed by atoms with Crippen molar-refractivity contribution >= 4 is 15.9 Å². The zero-order valence-electron chi connectivity index (χ0n) is 8.10. The molecule has 0 saturated carbocycles. The summed E-state index contributed by atoms with van der Waals surface area (Å²) in [5.41, 5.74) is 6.44. The van der Waals surface area contributed by atoms with Gasteiger partial charge in [0, 0.05) is 16.6 Å². The van der Waals surface area contributed by atoms with Gasteiger partial charge in [-0.15, -0.1) is 0 Å². The molecule has 0 radical (unpaired) electrons. The van der Waals surface area contributed by atoms with Crippen LogP contribution in [0.15, 0.2) is 35.1 Å². The van der Waals surface area contributed by atoms with Gasteiger partial charge in [-0.3, -0.25) is 4.68 Å². The fourth-order valence-corrected chi connectivity index (χ4v) is 1.53. The number of halogens is 1. The van der Waals surface area contributed by atoms with E-state index in [9.17, 15) is 0 Å². The van der Waals surface area contributed by atoms with Crippen LogP contribution in [0.3, 0.4) is 0 Å². The van der Waals surface area contributed by atoms with Crippen molar-refractivity contribution in [2.75, 3.05) is 6.54 Å². The third-order valence-electron chi connectivity index (χ3n) is 2.00. The van der Waals surface area contributed by atoms with Crippen LogP contribution in [0.4, 0.5) is 0 Å². The van der Waals surface area contributed by atoms with Gasteiger partial charge in [0.2, 0.25) is 0 Å². The molecule has 0 unspecified atom stereocenters. The summed E-state index contributed by atoms with van der Waals surface area (Å²) in [5.74, 6) is 0.732. The second-order valence-corrected chi connectivity index (χ2v) is 4.04. The first kappa shape index (κ1) is 10.3. The number of aromatic nitrogens is 3. The highest BCUT2D eigenvalue weighted by Crippen LogP contribution is 2.17. The van der Waals surface area contributed by atoms with E-state index in [0.29, 0.717) is 13.1 Å². The third-order valence-corrected chi connectivity index (χ3v) is 2.53. The minimum Gasteiger partial charge on any atom is -0.329 e. The van der Waals surface area contributed by atoms with Crippen LogP contribution in [0.2, 0.25) is 0 Å². The maximum Gasteiger partial charge on any atom is 0.181 e. The summed E-state index contributed by atoms with van der Waals surface area (Å²) in [7, 11) is 0. The molecule has 2 aromatic rings. The van der Waals surface area contributed by atoms with Crippen molar-refractivity contribution in [3.8, 4) is 11.4 Å². The highest BCUT2D eigenvalue weighted by atomic mass is 79.9. The van der Waals surface area contributed by atoms with Gasteiger partial charge in [0.25, 0.3) is 0 Å². The van der Waals surface area contributed by atoms with Crippen LogP contribution in [0.5, 0.6) is 0 Å². The average molecular weight is 267 g/mol. The number of nitrogens with zero attached hydrogens (tertiary/aromatic N) is 3. The second kappa shape index (κ2) is 4.55. The molecule has 5 heteroatoms. The summed E-state index contributed by atoms with van der Waals surface area (Å²) in [6.07, 6.45) is 1.70. The predicted molar refractivity (Wildman–Crippen MR) is 62.2 cm³/mol. The first-order chi connectivity index (χ1) is 7.29. The van der Waals surface area contributed by atoms with Crippen LogP contribution in [-0.4, -0.2) is 21.3 Å². The van der Waals surface area contributed by atoms with E-state index in [1.807, 2.05) is 24.3 Å². The Kier molecular flexibility index (Phi) is 3.13. The molecule has 2 rings (SSSR count). The first-order valence-corrected chi connectivity index (χ1v) is 5.44. The zero-order chi connectivity index (χ0) is 10.7. The van der Waals surface area contributed by atoms with Crippen molar-refractivity contribution in [1.82, 2.24) is 14.8 Å². The Morgan fingerprint density at radius 2 is 2.00 bits per heavy atom. The normalized spacial score (nSPS) is 10.5. The number of nitrogens with two attached hydrogens (primary N) is 1. The fraction of sp³-hybridized carbons (Fsp3) is 0.200. The van der Waals surface area contributed by atoms with Gasteiger partial charge >= 0.3 is 0 Å². The Labute approximate surface area is 96.3 Å². The molecule has 0 amide bonds. The van der Waals surface area contributed by atoms with Crippen molar-refractivity contribution in [2.45, 2.75) is 6.54 Å².